The Bertz CT molecular complexity index is 679. The quantitative estimate of drug-likeness (QED) is 0.323. The SMILES string of the molecule is O=C(O)CCCC=CC[C@@H]1[C@@H](CNNC(=O)Oc2ccccc2)[C@@H]2CC[C@H]1O2. The van der Waals surface area contributed by atoms with Crippen LogP contribution in [0.2, 0.25) is 0 Å². The smallest absolute Gasteiger partial charge is 0.427 e. The van der Waals surface area contributed by atoms with Crippen molar-refractivity contribution in [2.24, 2.45) is 11.8 Å². The Morgan fingerprint density at radius 3 is 2.64 bits per heavy atom. The van der Waals surface area contributed by atoms with Crippen LogP contribution >= 0.6 is 0 Å². The van der Waals surface area contributed by atoms with E-state index in [1.165, 1.54) is 0 Å². The Morgan fingerprint density at radius 1 is 1.14 bits per heavy atom. The van der Waals surface area contributed by atoms with Gasteiger partial charge in [0.25, 0.3) is 0 Å². The summed E-state index contributed by atoms with van der Waals surface area (Å²) in [4.78, 5) is 22.4. The molecular weight excluding hydrogens is 360 g/mol. The molecular formula is C21H28N2O5. The van der Waals surface area contributed by atoms with E-state index in [1.54, 1.807) is 12.1 Å². The lowest BCUT2D eigenvalue weighted by molar-refractivity contribution is -0.137. The van der Waals surface area contributed by atoms with Crippen LogP contribution in [-0.2, 0) is 9.53 Å². The van der Waals surface area contributed by atoms with E-state index in [9.17, 15) is 9.59 Å². The van der Waals surface area contributed by atoms with E-state index in [4.69, 9.17) is 14.6 Å². The number of para-hydroxylation sites is 1. The summed E-state index contributed by atoms with van der Waals surface area (Å²) in [5.74, 6) is 0.490. The van der Waals surface area contributed by atoms with Gasteiger partial charge in [0.1, 0.15) is 5.75 Å². The van der Waals surface area contributed by atoms with E-state index in [1.807, 2.05) is 18.2 Å². The Hall–Kier alpha value is -2.38. The summed E-state index contributed by atoms with van der Waals surface area (Å²) in [6.45, 7) is 0.628. The molecule has 28 heavy (non-hydrogen) atoms. The predicted octanol–water partition coefficient (Wildman–Crippen LogP) is 3.27. The fourth-order valence-electron chi connectivity index (χ4n) is 4.08. The van der Waals surface area contributed by atoms with Gasteiger partial charge in [-0.2, -0.15) is 0 Å². The zero-order chi connectivity index (χ0) is 19.8. The number of ether oxygens (including phenoxy) is 2. The zero-order valence-electron chi connectivity index (χ0n) is 15.9. The summed E-state index contributed by atoms with van der Waals surface area (Å²) < 4.78 is 11.3. The highest BCUT2D eigenvalue weighted by atomic mass is 16.6. The van der Waals surface area contributed by atoms with Crippen molar-refractivity contribution in [2.75, 3.05) is 6.54 Å². The number of carboxylic acid groups (broad SMARTS) is 1. The highest BCUT2D eigenvalue weighted by Crippen LogP contribution is 2.44. The Kier molecular flexibility index (Phi) is 7.45. The van der Waals surface area contributed by atoms with Crippen molar-refractivity contribution in [3.05, 3.63) is 42.5 Å². The molecule has 3 N–H and O–H groups in total. The third kappa shape index (κ3) is 5.81. The van der Waals surface area contributed by atoms with Crippen molar-refractivity contribution in [3.63, 3.8) is 0 Å². The number of amides is 1. The van der Waals surface area contributed by atoms with Gasteiger partial charge in [0.15, 0.2) is 0 Å². The first-order valence-electron chi connectivity index (χ1n) is 9.91. The molecule has 2 aliphatic rings. The number of carbonyl (C=O) groups is 2. The van der Waals surface area contributed by atoms with Gasteiger partial charge in [0.2, 0.25) is 0 Å². The molecule has 2 bridgehead atoms. The van der Waals surface area contributed by atoms with Crippen molar-refractivity contribution in [1.82, 2.24) is 10.9 Å². The second kappa shape index (κ2) is 10.2. The standard InChI is InChI=1S/C21H28N2O5/c24-20(25)11-7-2-1-6-10-16-17(19-13-12-18(16)28-19)14-22-23-21(26)27-15-8-4-3-5-9-15/h1,3-6,8-9,16-19,22H,2,7,10-14H2,(H,23,26)(H,24,25)/t16-,17-,18-,19+/m1/s1. The number of nitrogens with one attached hydrogen (secondary N) is 2. The molecule has 1 aromatic carbocycles. The molecule has 0 saturated carbocycles. The third-order valence-electron chi connectivity index (χ3n) is 5.41. The lowest BCUT2D eigenvalue weighted by Crippen LogP contribution is -2.45. The number of rotatable bonds is 10. The topological polar surface area (TPSA) is 96.9 Å². The van der Waals surface area contributed by atoms with Crippen LogP contribution in [0.3, 0.4) is 0 Å². The summed E-state index contributed by atoms with van der Waals surface area (Å²) in [6.07, 6.45) is 8.88. The lowest BCUT2D eigenvalue weighted by atomic mass is 9.77. The monoisotopic (exact) mass is 388 g/mol. The molecule has 0 unspecified atom stereocenters. The van der Waals surface area contributed by atoms with Gasteiger partial charge in [-0.05, 0) is 50.2 Å². The van der Waals surface area contributed by atoms with Gasteiger partial charge >= 0.3 is 12.1 Å². The highest BCUT2D eigenvalue weighted by Gasteiger charge is 2.47. The van der Waals surface area contributed by atoms with Crippen molar-refractivity contribution >= 4 is 12.1 Å². The molecule has 0 spiro atoms. The van der Waals surface area contributed by atoms with Crippen LogP contribution < -0.4 is 15.6 Å². The van der Waals surface area contributed by atoms with Gasteiger partial charge in [0.05, 0.1) is 12.2 Å². The molecule has 0 radical (unpaired) electrons. The van der Waals surface area contributed by atoms with Crippen LogP contribution in [0.15, 0.2) is 42.5 Å². The van der Waals surface area contributed by atoms with Crippen LogP contribution in [-0.4, -0.2) is 35.9 Å². The fourth-order valence-corrected chi connectivity index (χ4v) is 4.08. The largest absolute Gasteiger partial charge is 0.481 e. The van der Waals surface area contributed by atoms with Crippen molar-refractivity contribution < 1.29 is 24.2 Å². The van der Waals surface area contributed by atoms with E-state index in [-0.39, 0.29) is 18.6 Å². The second-order valence-corrected chi connectivity index (χ2v) is 7.32. The van der Waals surface area contributed by atoms with Gasteiger partial charge in [0, 0.05) is 18.9 Å². The Morgan fingerprint density at radius 2 is 1.89 bits per heavy atom. The number of benzene rings is 1. The summed E-state index contributed by atoms with van der Waals surface area (Å²) in [5, 5.41) is 8.67. The van der Waals surface area contributed by atoms with E-state index in [2.05, 4.69) is 23.0 Å². The van der Waals surface area contributed by atoms with Crippen molar-refractivity contribution in [3.8, 4) is 5.75 Å². The van der Waals surface area contributed by atoms with Crippen LogP contribution in [0.5, 0.6) is 5.75 Å². The van der Waals surface area contributed by atoms with Crippen LogP contribution in [0.1, 0.15) is 38.5 Å². The van der Waals surface area contributed by atoms with Crippen LogP contribution in [0.25, 0.3) is 0 Å². The molecule has 0 aliphatic carbocycles. The zero-order valence-corrected chi connectivity index (χ0v) is 15.9. The molecule has 152 valence electrons. The minimum absolute atomic E-state index is 0.207. The Balaban J connectivity index is 1.40. The molecule has 2 aliphatic heterocycles. The minimum Gasteiger partial charge on any atom is -0.481 e. The molecule has 7 nitrogen and oxygen atoms in total. The molecule has 3 rings (SSSR count). The molecule has 2 heterocycles. The van der Waals surface area contributed by atoms with E-state index in [0.717, 1.165) is 25.7 Å². The molecule has 2 fully saturated rings. The summed E-state index contributed by atoms with van der Waals surface area (Å²) in [7, 11) is 0. The number of allylic oxidation sites excluding steroid dienone is 2. The Labute approximate surface area is 165 Å². The van der Waals surface area contributed by atoms with E-state index >= 15 is 0 Å². The number of carbonyl (C=O) groups excluding carboxylic acids is 1. The third-order valence-corrected chi connectivity index (χ3v) is 5.41. The number of fused-ring (bicyclic) bond motifs is 2. The molecule has 7 heteroatoms. The van der Waals surface area contributed by atoms with Gasteiger partial charge in [-0.1, -0.05) is 30.4 Å². The number of unbranched alkanes of at least 4 members (excludes halogenated alkanes) is 1. The average Bonchev–Trinajstić information content (AvgIpc) is 3.27. The van der Waals surface area contributed by atoms with Crippen molar-refractivity contribution in [1.29, 1.82) is 0 Å². The van der Waals surface area contributed by atoms with Gasteiger partial charge in [-0.25, -0.2) is 10.2 Å². The molecule has 1 aromatic rings. The van der Waals surface area contributed by atoms with Crippen molar-refractivity contribution in [2.45, 2.75) is 50.7 Å². The number of hydrazine groups is 1. The number of hydrogen-bond acceptors (Lipinski definition) is 5. The first-order valence-corrected chi connectivity index (χ1v) is 9.91. The number of hydrogen-bond donors (Lipinski definition) is 3. The molecule has 4 atom stereocenters. The summed E-state index contributed by atoms with van der Waals surface area (Å²) >= 11 is 0. The average molecular weight is 388 g/mol. The second-order valence-electron chi connectivity index (χ2n) is 7.32. The highest BCUT2D eigenvalue weighted by molar-refractivity contribution is 5.69. The van der Waals surface area contributed by atoms with E-state index < -0.39 is 12.1 Å². The van der Waals surface area contributed by atoms with Crippen LogP contribution in [0.4, 0.5) is 4.79 Å². The fraction of sp³-hybridized carbons (Fsp3) is 0.524. The lowest BCUT2D eigenvalue weighted by Gasteiger charge is -2.27. The molecule has 2 saturated heterocycles. The first kappa shape index (κ1) is 20.4. The molecule has 1 amide bonds. The van der Waals surface area contributed by atoms with E-state index in [0.29, 0.717) is 30.6 Å². The predicted molar refractivity (Wildman–Crippen MR) is 104 cm³/mol. The minimum atomic E-state index is -0.751. The maximum absolute atomic E-state index is 11.9. The van der Waals surface area contributed by atoms with Gasteiger partial charge < -0.3 is 14.6 Å². The first-order chi connectivity index (χ1) is 13.6. The summed E-state index contributed by atoms with van der Waals surface area (Å²) in [6, 6.07) is 8.92. The van der Waals surface area contributed by atoms with Gasteiger partial charge in [-0.15, -0.1) is 0 Å². The van der Waals surface area contributed by atoms with Crippen LogP contribution in [0, 0.1) is 11.8 Å². The number of carboxylic acids is 1. The normalized spacial score (nSPS) is 25.9. The maximum atomic E-state index is 11.9. The molecule has 0 aromatic heterocycles. The maximum Gasteiger partial charge on any atom is 0.427 e. The number of aliphatic carboxylic acids is 1. The van der Waals surface area contributed by atoms with Gasteiger partial charge in [-0.3, -0.25) is 10.2 Å². The summed E-state index contributed by atoms with van der Waals surface area (Å²) in [5.41, 5.74) is 5.58.